The van der Waals surface area contributed by atoms with E-state index in [0.717, 1.165) is 23.6 Å². The van der Waals surface area contributed by atoms with Crippen molar-refractivity contribution in [1.82, 2.24) is 0 Å². The largest absolute Gasteiger partial charge is 0.381 e. The van der Waals surface area contributed by atoms with E-state index in [2.05, 4.69) is 58.9 Å². The molecule has 2 aromatic carbocycles. The predicted molar refractivity (Wildman–Crippen MR) is 104 cm³/mol. The molecule has 0 amide bonds. The molecule has 3 rings (SSSR count). The van der Waals surface area contributed by atoms with E-state index >= 15 is 0 Å². The quantitative estimate of drug-likeness (QED) is 0.425. The van der Waals surface area contributed by atoms with Crippen LogP contribution in [-0.4, -0.2) is 13.3 Å². The maximum absolute atomic E-state index is 4.52. The normalized spacial score (nSPS) is 10.8. The van der Waals surface area contributed by atoms with Gasteiger partial charge in [0.25, 0.3) is 0 Å². The minimum absolute atomic E-state index is 0.818. The van der Waals surface area contributed by atoms with Gasteiger partial charge in [0.2, 0.25) is 5.69 Å². The molecule has 25 heavy (non-hydrogen) atoms. The van der Waals surface area contributed by atoms with Gasteiger partial charge in [-0.05, 0) is 35.9 Å². The van der Waals surface area contributed by atoms with Crippen LogP contribution in [0, 0.1) is 0 Å². The van der Waals surface area contributed by atoms with E-state index in [4.69, 9.17) is 0 Å². The molecule has 0 aliphatic carbocycles. The molecule has 0 fully saturated rings. The zero-order valence-electron chi connectivity index (χ0n) is 14.6. The lowest BCUT2D eigenvalue weighted by Crippen LogP contribution is -2.32. The van der Waals surface area contributed by atoms with E-state index < -0.39 is 0 Å². The molecule has 1 heterocycles. The summed E-state index contributed by atoms with van der Waals surface area (Å²) < 4.78 is 2.04. The fourth-order valence-corrected chi connectivity index (χ4v) is 2.48. The number of hydrogen-bond acceptors (Lipinski definition) is 3. The maximum Gasteiger partial charge on any atom is 0.225 e. The van der Waals surface area contributed by atoms with Gasteiger partial charge >= 0.3 is 0 Å². The Labute approximate surface area is 149 Å². The van der Waals surface area contributed by atoms with E-state index in [1.165, 1.54) is 5.56 Å². The molecule has 0 bridgehead atoms. The lowest BCUT2D eigenvalue weighted by molar-refractivity contribution is -0.672. The van der Waals surface area contributed by atoms with E-state index in [1.807, 2.05) is 60.3 Å². The number of hydrazone groups is 1. The van der Waals surface area contributed by atoms with Crippen molar-refractivity contribution in [3.8, 4) is 0 Å². The Morgan fingerprint density at radius 1 is 0.960 bits per heavy atom. The summed E-state index contributed by atoms with van der Waals surface area (Å²) in [6.07, 6.45) is 3.87. The van der Waals surface area contributed by atoms with Gasteiger partial charge in [-0.25, -0.2) is 4.57 Å². The van der Waals surface area contributed by atoms with E-state index in [-0.39, 0.29) is 0 Å². The Morgan fingerprint density at radius 3 is 2.40 bits per heavy atom. The highest BCUT2D eigenvalue weighted by Crippen LogP contribution is 2.17. The van der Waals surface area contributed by atoms with Gasteiger partial charge in [0.15, 0.2) is 6.20 Å². The number of aryl methyl sites for hydroxylation is 1. The second-order valence-electron chi connectivity index (χ2n) is 5.89. The highest BCUT2D eigenvalue weighted by Gasteiger charge is 2.03. The van der Waals surface area contributed by atoms with Gasteiger partial charge in [0.05, 0.1) is 5.69 Å². The van der Waals surface area contributed by atoms with Crippen molar-refractivity contribution in [2.75, 3.05) is 17.4 Å². The molecular weight excluding hydrogens is 308 g/mol. The topological polar surface area (TPSA) is 31.5 Å². The molecule has 0 aliphatic heterocycles. The summed E-state index contributed by atoms with van der Waals surface area (Å²) in [6.45, 7) is 0.818. The smallest absolute Gasteiger partial charge is 0.225 e. The van der Waals surface area contributed by atoms with Crippen LogP contribution in [0.15, 0.2) is 84.1 Å². The molecule has 0 saturated carbocycles. The number of hydrogen-bond donors (Lipinski definition) is 1. The Morgan fingerprint density at radius 2 is 1.68 bits per heavy atom. The second-order valence-corrected chi connectivity index (χ2v) is 5.89. The molecule has 4 nitrogen and oxygen atoms in total. The van der Waals surface area contributed by atoms with Crippen LogP contribution in [0.5, 0.6) is 0 Å². The summed E-state index contributed by atoms with van der Waals surface area (Å²) in [4.78, 5) is 0. The van der Waals surface area contributed by atoms with Crippen LogP contribution in [0.4, 0.5) is 11.4 Å². The minimum atomic E-state index is 0.818. The monoisotopic (exact) mass is 331 g/mol. The highest BCUT2D eigenvalue weighted by molar-refractivity contribution is 5.76. The third-order valence-electron chi connectivity index (χ3n) is 4.04. The van der Waals surface area contributed by atoms with Gasteiger partial charge in [0, 0.05) is 31.4 Å². The van der Waals surface area contributed by atoms with Crippen molar-refractivity contribution in [2.24, 2.45) is 12.1 Å². The molecule has 0 saturated heterocycles. The first-order valence-corrected chi connectivity index (χ1v) is 8.32. The van der Waals surface area contributed by atoms with E-state index in [0.29, 0.717) is 0 Å². The van der Waals surface area contributed by atoms with Gasteiger partial charge in [-0.2, -0.15) is 5.10 Å². The molecule has 0 spiro atoms. The fraction of sp³-hybridized carbons (Fsp3) is 0.143. The van der Waals surface area contributed by atoms with Crippen LogP contribution in [-0.2, 0) is 13.6 Å². The molecule has 0 aliphatic rings. The zero-order chi connectivity index (χ0) is 17.5. The average Bonchev–Trinajstić information content (AvgIpc) is 2.67. The maximum atomic E-state index is 4.52. The first kappa shape index (κ1) is 16.7. The highest BCUT2D eigenvalue weighted by atomic mass is 15.4. The lowest BCUT2D eigenvalue weighted by atomic mass is 10.2. The summed E-state index contributed by atoms with van der Waals surface area (Å²) in [7, 11) is 3.96. The number of nitrogens with zero attached hydrogens (tertiary/aromatic N) is 3. The first-order chi connectivity index (χ1) is 12.2. The third-order valence-corrected chi connectivity index (χ3v) is 4.04. The third kappa shape index (κ3) is 4.67. The molecule has 0 unspecified atom stereocenters. The fourth-order valence-electron chi connectivity index (χ4n) is 2.48. The van der Waals surface area contributed by atoms with Gasteiger partial charge in [-0.3, -0.25) is 5.01 Å². The van der Waals surface area contributed by atoms with Gasteiger partial charge in [-0.1, -0.05) is 30.3 Å². The average molecular weight is 331 g/mol. The van der Waals surface area contributed by atoms with Crippen molar-refractivity contribution in [2.45, 2.75) is 6.54 Å². The number of anilines is 2. The van der Waals surface area contributed by atoms with E-state index in [1.54, 1.807) is 0 Å². The molecule has 1 aromatic heterocycles. The minimum Gasteiger partial charge on any atom is -0.381 e. The SMILES string of the molecule is CN(N=Cc1cccc[n+]1C)c1ccc(NCc2ccccc2)cc1. The Hall–Kier alpha value is -3.14. The number of pyridine rings is 1. The molecule has 4 heteroatoms. The number of rotatable bonds is 6. The molecule has 3 aromatic rings. The summed E-state index contributed by atoms with van der Waals surface area (Å²) in [5.74, 6) is 0. The predicted octanol–water partition coefficient (Wildman–Crippen LogP) is 3.59. The molecule has 0 radical (unpaired) electrons. The van der Waals surface area contributed by atoms with Gasteiger partial charge < -0.3 is 5.32 Å². The molecular formula is C21H23N4+. The Bertz CT molecular complexity index is 826. The van der Waals surface area contributed by atoms with Crippen LogP contribution >= 0.6 is 0 Å². The summed E-state index contributed by atoms with van der Waals surface area (Å²) in [5.41, 5.74) is 4.46. The van der Waals surface area contributed by atoms with Crippen molar-refractivity contribution in [3.05, 3.63) is 90.3 Å². The van der Waals surface area contributed by atoms with Crippen molar-refractivity contribution in [1.29, 1.82) is 0 Å². The number of nitrogens with one attached hydrogen (secondary N) is 1. The summed E-state index contributed by atoms with van der Waals surface area (Å²) >= 11 is 0. The molecule has 126 valence electrons. The summed E-state index contributed by atoms with van der Waals surface area (Å²) in [5, 5.41) is 9.82. The lowest BCUT2D eigenvalue weighted by Gasteiger charge is -2.13. The standard InChI is InChI=1S/C21H23N4/c1-24-15-7-6-10-21(24)17-23-25(2)20-13-11-19(12-14-20)22-16-18-8-4-3-5-9-18/h3-15,17,22H,16H2,1-2H3/q+1. The van der Waals surface area contributed by atoms with Crippen molar-refractivity contribution in [3.63, 3.8) is 0 Å². The van der Waals surface area contributed by atoms with Crippen molar-refractivity contribution < 1.29 is 4.57 Å². The first-order valence-electron chi connectivity index (χ1n) is 8.32. The Kier molecular flexibility index (Phi) is 5.42. The molecule has 1 N–H and O–H groups in total. The number of aromatic nitrogens is 1. The van der Waals surface area contributed by atoms with Gasteiger partial charge in [-0.15, -0.1) is 0 Å². The number of benzene rings is 2. The van der Waals surface area contributed by atoms with Crippen LogP contribution in [0.25, 0.3) is 0 Å². The zero-order valence-corrected chi connectivity index (χ0v) is 14.6. The molecule has 0 atom stereocenters. The van der Waals surface area contributed by atoms with Crippen LogP contribution in [0.3, 0.4) is 0 Å². The Balaban J connectivity index is 1.60. The van der Waals surface area contributed by atoms with Crippen LogP contribution < -0.4 is 14.9 Å². The van der Waals surface area contributed by atoms with Crippen molar-refractivity contribution >= 4 is 17.6 Å². The summed E-state index contributed by atoms with van der Waals surface area (Å²) in [6, 6.07) is 24.7. The second kappa shape index (κ2) is 8.11. The van der Waals surface area contributed by atoms with E-state index in [9.17, 15) is 0 Å². The van der Waals surface area contributed by atoms with Gasteiger partial charge in [0.1, 0.15) is 13.3 Å². The van der Waals surface area contributed by atoms with Crippen LogP contribution in [0.2, 0.25) is 0 Å². The van der Waals surface area contributed by atoms with Crippen LogP contribution in [0.1, 0.15) is 11.3 Å².